The van der Waals surface area contributed by atoms with E-state index in [1.807, 2.05) is 6.92 Å². The Hall–Kier alpha value is -3.14. The standard InChI is InChI=1S/C28H35FN6OS/c1-5-21-22(13-30)26(35-12-6-7-18(16-35)15-33-17-28(2,3)4)34-27(23(21)14-31)37-24(25(32)36)19-8-10-20(29)11-9-19/h8-11,18,24,33H,5-7,12,15-17H2,1-4H3,(H2,32,36). The van der Waals surface area contributed by atoms with Gasteiger partial charge in [-0.1, -0.05) is 51.6 Å². The first-order valence-corrected chi connectivity index (χ1v) is 13.5. The molecule has 1 fully saturated rings. The van der Waals surface area contributed by atoms with E-state index in [-0.39, 0.29) is 11.0 Å². The molecule has 1 aliphatic rings. The Morgan fingerprint density at radius 3 is 2.51 bits per heavy atom. The molecular formula is C28H35FN6OS. The van der Waals surface area contributed by atoms with Gasteiger partial charge in [-0.3, -0.25) is 4.79 Å². The topological polar surface area (TPSA) is 119 Å². The Bertz CT molecular complexity index is 1200. The van der Waals surface area contributed by atoms with Crippen LogP contribution in [0.3, 0.4) is 0 Å². The summed E-state index contributed by atoms with van der Waals surface area (Å²) in [6, 6.07) is 10.1. The largest absolute Gasteiger partial charge is 0.368 e. The average molecular weight is 523 g/mol. The molecule has 0 saturated carbocycles. The number of hydrogen-bond acceptors (Lipinski definition) is 7. The number of nitriles is 2. The van der Waals surface area contributed by atoms with Gasteiger partial charge >= 0.3 is 0 Å². The van der Waals surface area contributed by atoms with Crippen LogP contribution >= 0.6 is 11.8 Å². The van der Waals surface area contributed by atoms with E-state index < -0.39 is 17.0 Å². The third-order valence-electron chi connectivity index (χ3n) is 6.39. The molecular weight excluding hydrogens is 487 g/mol. The van der Waals surface area contributed by atoms with Gasteiger partial charge in [0.05, 0.1) is 11.1 Å². The number of halogens is 1. The minimum absolute atomic E-state index is 0.195. The molecule has 2 heterocycles. The van der Waals surface area contributed by atoms with Crippen LogP contribution in [0.2, 0.25) is 0 Å². The van der Waals surface area contributed by atoms with Crippen molar-refractivity contribution in [1.29, 1.82) is 10.5 Å². The van der Waals surface area contributed by atoms with Crippen molar-refractivity contribution in [3.8, 4) is 12.1 Å². The molecule has 2 unspecified atom stereocenters. The predicted octanol–water partition coefficient (Wildman–Crippen LogP) is 4.70. The number of carbonyl (C=O) groups is 1. The molecule has 2 aromatic rings. The lowest BCUT2D eigenvalue weighted by Crippen LogP contribution is -2.42. The lowest BCUT2D eigenvalue weighted by Gasteiger charge is -2.35. The van der Waals surface area contributed by atoms with Crippen molar-refractivity contribution in [2.75, 3.05) is 31.1 Å². The highest BCUT2D eigenvalue weighted by Gasteiger charge is 2.29. The summed E-state index contributed by atoms with van der Waals surface area (Å²) in [5, 5.41) is 23.2. The van der Waals surface area contributed by atoms with E-state index in [0.29, 0.717) is 39.9 Å². The molecule has 3 rings (SSSR count). The molecule has 0 bridgehead atoms. The number of aromatic nitrogens is 1. The highest BCUT2D eigenvalue weighted by Crippen LogP contribution is 2.40. The summed E-state index contributed by atoms with van der Waals surface area (Å²) < 4.78 is 13.5. The quantitative estimate of drug-likeness (QED) is 0.458. The van der Waals surface area contributed by atoms with Crippen LogP contribution in [0.1, 0.15) is 68.0 Å². The number of rotatable bonds is 9. The summed E-state index contributed by atoms with van der Waals surface area (Å²) in [7, 11) is 0. The van der Waals surface area contributed by atoms with Gasteiger partial charge < -0.3 is 16.0 Å². The lowest BCUT2D eigenvalue weighted by molar-refractivity contribution is -0.117. The fourth-order valence-electron chi connectivity index (χ4n) is 4.61. The van der Waals surface area contributed by atoms with E-state index in [4.69, 9.17) is 10.7 Å². The van der Waals surface area contributed by atoms with Crippen LogP contribution in [-0.4, -0.2) is 37.1 Å². The summed E-state index contributed by atoms with van der Waals surface area (Å²) in [4.78, 5) is 19.3. The Morgan fingerprint density at radius 1 is 1.27 bits per heavy atom. The van der Waals surface area contributed by atoms with Gasteiger partial charge in [0.2, 0.25) is 5.91 Å². The normalized spacial score (nSPS) is 16.6. The molecule has 37 heavy (non-hydrogen) atoms. The number of amides is 1. The predicted molar refractivity (Wildman–Crippen MR) is 144 cm³/mol. The number of thioether (sulfide) groups is 1. The summed E-state index contributed by atoms with van der Waals surface area (Å²) in [6.45, 7) is 11.8. The van der Waals surface area contributed by atoms with Gasteiger partial charge in [0.25, 0.3) is 0 Å². The third kappa shape index (κ3) is 7.21. The molecule has 3 N–H and O–H groups in total. The Morgan fingerprint density at radius 2 is 1.95 bits per heavy atom. The van der Waals surface area contributed by atoms with Crippen molar-refractivity contribution >= 4 is 23.5 Å². The lowest BCUT2D eigenvalue weighted by atomic mass is 9.94. The number of nitrogens with zero attached hydrogens (tertiary/aromatic N) is 4. The van der Waals surface area contributed by atoms with Crippen molar-refractivity contribution in [1.82, 2.24) is 10.3 Å². The van der Waals surface area contributed by atoms with Crippen LogP contribution in [0.5, 0.6) is 0 Å². The maximum atomic E-state index is 13.5. The van der Waals surface area contributed by atoms with Crippen molar-refractivity contribution in [3.05, 3.63) is 52.3 Å². The fourth-order valence-corrected chi connectivity index (χ4v) is 5.67. The van der Waals surface area contributed by atoms with Crippen LogP contribution in [0.25, 0.3) is 0 Å². The van der Waals surface area contributed by atoms with Gasteiger partial charge in [-0.15, -0.1) is 0 Å². The Balaban J connectivity index is 1.98. The SMILES string of the molecule is CCc1c(C#N)c(SC(C(N)=O)c2ccc(F)cc2)nc(N2CCCC(CNCC(C)(C)C)C2)c1C#N. The minimum atomic E-state index is -0.860. The molecule has 1 aromatic carbocycles. The molecule has 1 aromatic heterocycles. The number of pyridine rings is 1. The van der Waals surface area contributed by atoms with E-state index in [1.54, 1.807) is 0 Å². The van der Waals surface area contributed by atoms with Crippen molar-refractivity contribution in [2.24, 2.45) is 17.1 Å². The maximum Gasteiger partial charge on any atom is 0.235 e. The van der Waals surface area contributed by atoms with E-state index in [1.165, 1.54) is 24.3 Å². The number of hydrogen-bond donors (Lipinski definition) is 2. The van der Waals surface area contributed by atoms with E-state index in [9.17, 15) is 19.7 Å². The minimum Gasteiger partial charge on any atom is -0.368 e. The third-order valence-corrected chi connectivity index (χ3v) is 7.65. The van der Waals surface area contributed by atoms with E-state index in [2.05, 4.69) is 43.1 Å². The zero-order valence-corrected chi connectivity index (χ0v) is 22.8. The molecule has 2 atom stereocenters. The van der Waals surface area contributed by atoms with Gasteiger partial charge in [-0.05, 0) is 60.4 Å². The number of piperidine rings is 1. The van der Waals surface area contributed by atoms with Gasteiger partial charge in [-0.25, -0.2) is 9.37 Å². The average Bonchev–Trinajstić information content (AvgIpc) is 2.86. The van der Waals surface area contributed by atoms with Gasteiger partial charge in [0.15, 0.2) is 0 Å². The summed E-state index contributed by atoms with van der Waals surface area (Å²) in [5.41, 5.74) is 7.74. The Labute approximate surface area is 223 Å². The fraction of sp³-hybridized carbons (Fsp3) is 0.500. The monoisotopic (exact) mass is 522 g/mol. The van der Waals surface area contributed by atoms with Crippen LogP contribution in [-0.2, 0) is 11.2 Å². The van der Waals surface area contributed by atoms with E-state index in [0.717, 1.165) is 50.8 Å². The number of benzene rings is 1. The van der Waals surface area contributed by atoms with Crippen LogP contribution in [0, 0.1) is 39.8 Å². The molecule has 196 valence electrons. The number of nitrogens with one attached hydrogen (secondary N) is 1. The first-order valence-electron chi connectivity index (χ1n) is 12.6. The second-order valence-electron chi connectivity index (χ2n) is 10.6. The van der Waals surface area contributed by atoms with Crippen molar-refractivity contribution in [3.63, 3.8) is 0 Å². The van der Waals surface area contributed by atoms with Crippen LogP contribution in [0.15, 0.2) is 29.3 Å². The molecule has 0 radical (unpaired) electrons. The van der Waals surface area contributed by atoms with E-state index >= 15 is 0 Å². The van der Waals surface area contributed by atoms with Crippen molar-refractivity contribution in [2.45, 2.75) is 57.2 Å². The highest BCUT2D eigenvalue weighted by molar-refractivity contribution is 8.00. The number of anilines is 1. The molecule has 1 saturated heterocycles. The number of primary amides is 1. The molecule has 1 aliphatic heterocycles. The number of nitrogens with two attached hydrogens (primary N) is 1. The molecule has 0 aliphatic carbocycles. The molecule has 1 amide bonds. The summed E-state index contributed by atoms with van der Waals surface area (Å²) in [6.07, 6.45) is 2.53. The summed E-state index contributed by atoms with van der Waals surface area (Å²) in [5.74, 6) is -0.0878. The molecule has 0 spiro atoms. The van der Waals surface area contributed by atoms with Gasteiger partial charge in [0, 0.05) is 19.6 Å². The molecule has 9 heteroatoms. The zero-order valence-electron chi connectivity index (χ0n) is 22.0. The van der Waals surface area contributed by atoms with Crippen molar-refractivity contribution < 1.29 is 9.18 Å². The maximum absolute atomic E-state index is 13.5. The second kappa shape index (κ2) is 12.4. The second-order valence-corrected chi connectivity index (χ2v) is 11.7. The van der Waals surface area contributed by atoms with Crippen LogP contribution in [0.4, 0.5) is 10.2 Å². The zero-order chi connectivity index (χ0) is 27.2. The van der Waals surface area contributed by atoms with Gasteiger partial charge in [-0.2, -0.15) is 10.5 Å². The first-order chi connectivity index (χ1) is 17.6. The Kier molecular flexibility index (Phi) is 9.53. The number of carbonyl (C=O) groups excluding carboxylic acids is 1. The summed E-state index contributed by atoms with van der Waals surface area (Å²) >= 11 is 1.07. The highest BCUT2D eigenvalue weighted by atomic mass is 32.2. The first kappa shape index (κ1) is 28.4. The molecule has 7 nitrogen and oxygen atoms in total. The van der Waals surface area contributed by atoms with Gasteiger partial charge in [0.1, 0.15) is 34.0 Å². The smallest absolute Gasteiger partial charge is 0.235 e. The van der Waals surface area contributed by atoms with Crippen LogP contribution < -0.4 is 16.0 Å².